The van der Waals surface area contributed by atoms with Crippen LogP contribution in [0, 0.1) is 0 Å². The summed E-state index contributed by atoms with van der Waals surface area (Å²) in [4.78, 5) is 2.58. The molecule has 1 aliphatic carbocycles. The summed E-state index contributed by atoms with van der Waals surface area (Å²) in [5, 5.41) is 3.42. The summed E-state index contributed by atoms with van der Waals surface area (Å²) < 4.78 is 0. The molecule has 0 unspecified atom stereocenters. The van der Waals surface area contributed by atoms with Crippen LogP contribution in [-0.2, 0) is 0 Å². The Balaban J connectivity index is 2.47. The highest BCUT2D eigenvalue weighted by Crippen LogP contribution is 2.23. The smallest absolute Gasteiger partial charge is 0.0249 e. The van der Waals surface area contributed by atoms with Crippen molar-refractivity contribution in [1.29, 1.82) is 0 Å². The third kappa shape index (κ3) is 1.99. The molecule has 1 saturated carbocycles. The molecule has 1 aliphatic rings. The molecule has 12 heavy (non-hydrogen) atoms. The predicted molar refractivity (Wildman–Crippen MR) is 53.4 cm³/mol. The Hall–Kier alpha value is -0.0800. The minimum atomic E-state index is 0.741. The maximum atomic E-state index is 3.42. The Labute approximate surface area is 76.3 Å². The van der Waals surface area contributed by atoms with Crippen molar-refractivity contribution in [3.05, 3.63) is 0 Å². The molecule has 0 saturated heterocycles. The number of rotatable bonds is 4. The Kier molecular flexibility index (Phi) is 4.02. The van der Waals surface area contributed by atoms with E-state index in [1.807, 2.05) is 0 Å². The third-order valence-electron chi connectivity index (χ3n) is 3.13. The van der Waals surface area contributed by atoms with E-state index >= 15 is 0 Å². The molecule has 2 atom stereocenters. The normalized spacial score (nSPS) is 30.0. The molecule has 1 rings (SSSR count). The van der Waals surface area contributed by atoms with Crippen LogP contribution >= 0.6 is 0 Å². The summed E-state index contributed by atoms with van der Waals surface area (Å²) in [5.41, 5.74) is 0. The van der Waals surface area contributed by atoms with E-state index in [4.69, 9.17) is 0 Å². The molecule has 0 aromatic rings. The van der Waals surface area contributed by atoms with Gasteiger partial charge in [-0.1, -0.05) is 20.3 Å². The Morgan fingerprint density at radius 1 is 1.25 bits per heavy atom. The van der Waals surface area contributed by atoms with Gasteiger partial charge in [0.1, 0.15) is 0 Å². The lowest BCUT2D eigenvalue weighted by Gasteiger charge is -2.30. The van der Waals surface area contributed by atoms with Crippen LogP contribution < -0.4 is 5.32 Å². The molecule has 0 bridgehead atoms. The average Bonchev–Trinajstić information content (AvgIpc) is 2.55. The van der Waals surface area contributed by atoms with Gasteiger partial charge in [-0.25, -0.2) is 0 Å². The van der Waals surface area contributed by atoms with E-state index in [1.165, 1.54) is 32.4 Å². The minimum Gasteiger partial charge on any atom is -0.315 e. The molecule has 0 aromatic carbocycles. The summed E-state index contributed by atoms with van der Waals surface area (Å²) in [6.07, 6.45) is 4.14. The van der Waals surface area contributed by atoms with E-state index in [-0.39, 0.29) is 0 Å². The van der Waals surface area contributed by atoms with Gasteiger partial charge >= 0.3 is 0 Å². The second kappa shape index (κ2) is 4.83. The molecular formula is C10H22N2. The van der Waals surface area contributed by atoms with Gasteiger partial charge in [0.25, 0.3) is 0 Å². The number of hydrogen-bond donors (Lipinski definition) is 1. The van der Waals surface area contributed by atoms with Crippen molar-refractivity contribution in [2.24, 2.45) is 0 Å². The van der Waals surface area contributed by atoms with Crippen molar-refractivity contribution >= 4 is 0 Å². The first-order chi connectivity index (χ1) is 5.83. The average molecular weight is 170 g/mol. The van der Waals surface area contributed by atoms with Crippen LogP contribution in [0.1, 0.15) is 33.1 Å². The molecule has 0 radical (unpaired) electrons. The molecule has 0 aromatic heterocycles. The van der Waals surface area contributed by atoms with E-state index in [0.29, 0.717) is 0 Å². The summed E-state index contributed by atoms with van der Waals surface area (Å²) in [5.74, 6) is 0. The fraction of sp³-hybridized carbons (Fsp3) is 1.00. The molecule has 1 N–H and O–H groups in total. The molecule has 2 nitrogen and oxygen atoms in total. The highest BCUT2D eigenvalue weighted by Gasteiger charge is 2.29. The van der Waals surface area contributed by atoms with Gasteiger partial charge in [0.05, 0.1) is 0 Å². The van der Waals surface area contributed by atoms with Gasteiger partial charge in [0.2, 0.25) is 0 Å². The van der Waals surface area contributed by atoms with Crippen LogP contribution in [0.2, 0.25) is 0 Å². The number of nitrogens with zero attached hydrogens (tertiary/aromatic N) is 1. The standard InChI is InChI=1S/C10H22N2/c1-4-12(5-2)10-8-6-7-9(10)11-3/h9-11H,4-8H2,1-3H3/t9-,10-/m0/s1. The fourth-order valence-corrected chi connectivity index (χ4v) is 2.41. The Bertz CT molecular complexity index is 121. The zero-order valence-electron chi connectivity index (χ0n) is 8.64. The Morgan fingerprint density at radius 2 is 1.92 bits per heavy atom. The second-order valence-corrected chi connectivity index (χ2v) is 3.61. The zero-order chi connectivity index (χ0) is 8.97. The van der Waals surface area contributed by atoms with Crippen molar-refractivity contribution < 1.29 is 0 Å². The van der Waals surface area contributed by atoms with Gasteiger partial charge in [-0.2, -0.15) is 0 Å². The first kappa shape index (κ1) is 10.0. The summed E-state index contributed by atoms with van der Waals surface area (Å²) in [7, 11) is 2.09. The van der Waals surface area contributed by atoms with Crippen molar-refractivity contribution in [2.45, 2.75) is 45.2 Å². The molecule has 2 heteroatoms. The molecule has 0 heterocycles. The van der Waals surface area contributed by atoms with Crippen LogP contribution in [0.5, 0.6) is 0 Å². The molecule has 0 spiro atoms. The van der Waals surface area contributed by atoms with E-state index in [1.54, 1.807) is 0 Å². The lowest BCUT2D eigenvalue weighted by Crippen LogP contribution is -2.45. The van der Waals surface area contributed by atoms with Gasteiger partial charge in [-0.15, -0.1) is 0 Å². The van der Waals surface area contributed by atoms with E-state index in [0.717, 1.165) is 12.1 Å². The lowest BCUT2D eigenvalue weighted by molar-refractivity contribution is 0.193. The van der Waals surface area contributed by atoms with Crippen molar-refractivity contribution in [3.63, 3.8) is 0 Å². The minimum absolute atomic E-state index is 0.741. The molecule has 72 valence electrons. The first-order valence-electron chi connectivity index (χ1n) is 5.24. The van der Waals surface area contributed by atoms with Crippen LogP contribution in [0.15, 0.2) is 0 Å². The summed E-state index contributed by atoms with van der Waals surface area (Å²) in [6, 6.07) is 1.54. The quantitative estimate of drug-likeness (QED) is 0.687. The SMILES string of the molecule is CCN(CC)[C@H]1CCC[C@@H]1NC. The number of likely N-dealkylation sites (N-methyl/N-ethyl adjacent to an activating group) is 2. The van der Waals surface area contributed by atoms with E-state index in [9.17, 15) is 0 Å². The van der Waals surface area contributed by atoms with E-state index < -0.39 is 0 Å². The van der Waals surface area contributed by atoms with Crippen LogP contribution in [0.25, 0.3) is 0 Å². The third-order valence-corrected chi connectivity index (χ3v) is 3.13. The zero-order valence-corrected chi connectivity index (χ0v) is 8.64. The van der Waals surface area contributed by atoms with Gasteiger partial charge < -0.3 is 5.32 Å². The molecule has 1 fully saturated rings. The van der Waals surface area contributed by atoms with Crippen molar-refractivity contribution in [2.75, 3.05) is 20.1 Å². The second-order valence-electron chi connectivity index (χ2n) is 3.61. The predicted octanol–water partition coefficient (Wildman–Crippen LogP) is 1.47. The van der Waals surface area contributed by atoms with Crippen molar-refractivity contribution in [1.82, 2.24) is 10.2 Å². The maximum Gasteiger partial charge on any atom is 0.0249 e. The largest absolute Gasteiger partial charge is 0.315 e. The lowest BCUT2D eigenvalue weighted by atomic mass is 10.1. The van der Waals surface area contributed by atoms with Crippen molar-refractivity contribution in [3.8, 4) is 0 Å². The maximum absolute atomic E-state index is 3.42. The monoisotopic (exact) mass is 170 g/mol. The molecular weight excluding hydrogens is 148 g/mol. The molecule has 0 amide bonds. The topological polar surface area (TPSA) is 15.3 Å². The Morgan fingerprint density at radius 3 is 2.42 bits per heavy atom. The number of hydrogen-bond acceptors (Lipinski definition) is 2. The highest BCUT2D eigenvalue weighted by atomic mass is 15.2. The highest BCUT2D eigenvalue weighted by molar-refractivity contribution is 4.88. The number of nitrogens with one attached hydrogen (secondary N) is 1. The van der Waals surface area contributed by atoms with Gasteiger partial charge in [-0.3, -0.25) is 4.90 Å². The van der Waals surface area contributed by atoms with Crippen LogP contribution in [0.4, 0.5) is 0 Å². The fourth-order valence-electron chi connectivity index (χ4n) is 2.41. The van der Waals surface area contributed by atoms with Gasteiger partial charge in [0, 0.05) is 12.1 Å². The van der Waals surface area contributed by atoms with E-state index in [2.05, 4.69) is 31.1 Å². The van der Waals surface area contributed by atoms with Gasteiger partial charge in [0.15, 0.2) is 0 Å². The summed E-state index contributed by atoms with van der Waals surface area (Å²) in [6.45, 7) is 6.90. The first-order valence-corrected chi connectivity index (χ1v) is 5.24. The van der Waals surface area contributed by atoms with Crippen LogP contribution in [-0.4, -0.2) is 37.1 Å². The van der Waals surface area contributed by atoms with Crippen LogP contribution in [0.3, 0.4) is 0 Å². The summed E-state index contributed by atoms with van der Waals surface area (Å²) >= 11 is 0. The van der Waals surface area contributed by atoms with Gasteiger partial charge in [-0.05, 0) is 33.0 Å². The molecule has 0 aliphatic heterocycles.